The summed E-state index contributed by atoms with van der Waals surface area (Å²) in [6, 6.07) is 5.67. The molecular formula is C14H18N4O2. The zero-order chi connectivity index (χ0) is 14.4. The Balaban J connectivity index is 2.20. The Morgan fingerprint density at radius 2 is 2.00 bits per heavy atom. The fraction of sp³-hybridized carbons (Fsp3) is 0.286. The summed E-state index contributed by atoms with van der Waals surface area (Å²) in [4.78, 5) is 8.31. The minimum absolute atomic E-state index is 0.109. The van der Waals surface area contributed by atoms with Crippen molar-refractivity contribution in [2.75, 3.05) is 14.2 Å². The third kappa shape index (κ3) is 3.23. The van der Waals surface area contributed by atoms with Gasteiger partial charge in [-0.25, -0.2) is 0 Å². The first-order valence-corrected chi connectivity index (χ1v) is 6.21. The summed E-state index contributed by atoms with van der Waals surface area (Å²) in [6.07, 6.45) is 5.66. The smallest absolute Gasteiger partial charge is 0.160 e. The van der Waals surface area contributed by atoms with Crippen LogP contribution in [0, 0.1) is 0 Å². The van der Waals surface area contributed by atoms with Gasteiger partial charge in [-0.2, -0.15) is 0 Å². The number of ether oxygens (including phenoxy) is 2. The van der Waals surface area contributed by atoms with E-state index in [4.69, 9.17) is 15.3 Å². The second-order valence-electron chi connectivity index (χ2n) is 4.24. The van der Waals surface area contributed by atoms with Crippen LogP contribution in [0.5, 0.6) is 11.5 Å². The second kappa shape index (κ2) is 6.83. The quantitative estimate of drug-likeness (QED) is 0.609. The van der Waals surface area contributed by atoms with Gasteiger partial charge in [0.1, 0.15) is 0 Å². The molecule has 2 rings (SSSR count). The van der Waals surface area contributed by atoms with Crippen molar-refractivity contribution >= 4 is 0 Å². The first kappa shape index (κ1) is 14.2. The Bertz CT molecular complexity index is 548. The average Bonchev–Trinajstić information content (AvgIpc) is 2.53. The van der Waals surface area contributed by atoms with E-state index in [9.17, 15) is 0 Å². The zero-order valence-electron chi connectivity index (χ0n) is 11.5. The standard InChI is InChI=1S/C14H18N4O2/c1-19-13-4-3-10(8-14(13)20-2)7-11(18-15)12-9-16-5-6-17-12/h3-6,8-9,11,18H,7,15H2,1-2H3. The molecule has 1 atom stereocenters. The molecular weight excluding hydrogens is 256 g/mol. The molecule has 106 valence electrons. The maximum atomic E-state index is 5.61. The lowest BCUT2D eigenvalue weighted by Crippen LogP contribution is -2.30. The number of aromatic nitrogens is 2. The summed E-state index contributed by atoms with van der Waals surface area (Å²) in [5.74, 6) is 7.00. The van der Waals surface area contributed by atoms with Crippen LogP contribution in [-0.4, -0.2) is 24.2 Å². The molecule has 1 unspecified atom stereocenters. The molecule has 0 radical (unpaired) electrons. The van der Waals surface area contributed by atoms with Crippen molar-refractivity contribution in [1.29, 1.82) is 0 Å². The number of methoxy groups -OCH3 is 2. The van der Waals surface area contributed by atoms with Crippen LogP contribution < -0.4 is 20.7 Å². The van der Waals surface area contributed by atoms with Crippen molar-refractivity contribution in [3.8, 4) is 11.5 Å². The third-order valence-electron chi connectivity index (χ3n) is 3.03. The number of hydrogen-bond donors (Lipinski definition) is 2. The van der Waals surface area contributed by atoms with Crippen LogP contribution in [0.15, 0.2) is 36.8 Å². The van der Waals surface area contributed by atoms with Gasteiger partial charge in [0, 0.05) is 12.4 Å². The molecule has 0 spiro atoms. The van der Waals surface area contributed by atoms with E-state index >= 15 is 0 Å². The van der Waals surface area contributed by atoms with Crippen molar-refractivity contribution < 1.29 is 9.47 Å². The molecule has 6 nitrogen and oxygen atoms in total. The van der Waals surface area contributed by atoms with Gasteiger partial charge >= 0.3 is 0 Å². The first-order valence-electron chi connectivity index (χ1n) is 6.21. The van der Waals surface area contributed by atoms with Crippen molar-refractivity contribution in [3.05, 3.63) is 48.0 Å². The van der Waals surface area contributed by atoms with Gasteiger partial charge in [-0.15, -0.1) is 0 Å². The van der Waals surface area contributed by atoms with E-state index < -0.39 is 0 Å². The number of benzene rings is 1. The Kier molecular flexibility index (Phi) is 4.86. The van der Waals surface area contributed by atoms with Crippen LogP contribution in [-0.2, 0) is 6.42 Å². The van der Waals surface area contributed by atoms with Crippen LogP contribution in [0.2, 0.25) is 0 Å². The molecule has 0 amide bonds. The Labute approximate surface area is 117 Å². The molecule has 0 aliphatic heterocycles. The fourth-order valence-corrected chi connectivity index (χ4v) is 1.98. The Morgan fingerprint density at radius 1 is 1.20 bits per heavy atom. The van der Waals surface area contributed by atoms with E-state index in [1.54, 1.807) is 32.8 Å². The van der Waals surface area contributed by atoms with E-state index in [-0.39, 0.29) is 6.04 Å². The summed E-state index contributed by atoms with van der Waals surface area (Å²) in [5, 5.41) is 0. The maximum Gasteiger partial charge on any atom is 0.160 e. The normalized spacial score (nSPS) is 11.9. The van der Waals surface area contributed by atoms with Gasteiger partial charge in [0.25, 0.3) is 0 Å². The molecule has 0 saturated carbocycles. The van der Waals surface area contributed by atoms with Crippen LogP contribution in [0.1, 0.15) is 17.3 Å². The van der Waals surface area contributed by atoms with Gasteiger partial charge in [-0.05, 0) is 24.1 Å². The molecule has 0 fully saturated rings. The summed E-state index contributed by atoms with van der Waals surface area (Å²) < 4.78 is 10.5. The van der Waals surface area contributed by atoms with Crippen molar-refractivity contribution in [1.82, 2.24) is 15.4 Å². The molecule has 2 aromatic rings. The molecule has 0 saturated heterocycles. The molecule has 20 heavy (non-hydrogen) atoms. The lowest BCUT2D eigenvalue weighted by atomic mass is 10.0. The first-order chi connectivity index (χ1) is 9.78. The minimum atomic E-state index is -0.109. The van der Waals surface area contributed by atoms with E-state index in [0.717, 1.165) is 11.3 Å². The van der Waals surface area contributed by atoms with Crippen LogP contribution in [0.25, 0.3) is 0 Å². The molecule has 1 heterocycles. The van der Waals surface area contributed by atoms with Gasteiger partial charge in [-0.3, -0.25) is 21.2 Å². The molecule has 1 aromatic carbocycles. The van der Waals surface area contributed by atoms with Gasteiger partial charge in [-0.1, -0.05) is 6.07 Å². The second-order valence-corrected chi connectivity index (χ2v) is 4.24. The van der Waals surface area contributed by atoms with Gasteiger partial charge < -0.3 is 9.47 Å². The lowest BCUT2D eigenvalue weighted by Gasteiger charge is -2.16. The number of nitrogens with one attached hydrogen (secondary N) is 1. The summed E-state index contributed by atoms with van der Waals surface area (Å²) >= 11 is 0. The predicted molar refractivity (Wildman–Crippen MR) is 75.3 cm³/mol. The van der Waals surface area contributed by atoms with Crippen LogP contribution in [0.3, 0.4) is 0 Å². The molecule has 0 aliphatic carbocycles. The highest BCUT2D eigenvalue weighted by molar-refractivity contribution is 5.43. The highest BCUT2D eigenvalue weighted by atomic mass is 16.5. The average molecular weight is 274 g/mol. The van der Waals surface area contributed by atoms with Crippen molar-refractivity contribution in [2.24, 2.45) is 5.84 Å². The fourth-order valence-electron chi connectivity index (χ4n) is 1.98. The number of hydrazine groups is 1. The van der Waals surface area contributed by atoms with E-state index in [1.165, 1.54) is 0 Å². The van der Waals surface area contributed by atoms with E-state index in [1.807, 2.05) is 18.2 Å². The van der Waals surface area contributed by atoms with Crippen LogP contribution >= 0.6 is 0 Å². The number of nitrogens with zero attached hydrogens (tertiary/aromatic N) is 2. The molecule has 1 aromatic heterocycles. The third-order valence-corrected chi connectivity index (χ3v) is 3.03. The molecule has 0 aliphatic rings. The largest absolute Gasteiger partial charge is 0.493 e. The Morgan fingerprint density at radius 3 is 2.60 bits per heavy atom. The van der Waals surface area contributed by atoms with Crippen LogP contribution in [0.4, 0.5) is 0 Å². The number of nitrogens with two attached hydrogens (primary N) is 1. The van der Waals surface area contributed by atoms with E-state index in [0.29, 0.717) is 17.9 Å². The highest BCUT2D eigenvalue weighted by Crippen LogP contribution is 2.29. The lowest BCUT2D eigenvalue weighted by molar-refractivity contribution is 0.354. The van der Waals surface area contributed by atoms with Gasteiger partial charge in [0.05, 0.1) is 32.2 Å². The van der Waals surface area contributed by atoms with E-state index in [2.05, 4.69) is 15.4 Å². The van der Waals surface area contributed by atoms with Gasteiger partial charge in [0.2, 0.25) is 0 Å². The predicted octanol–water partition coefficient (Wildman–Crippen LogP) is 1.24. The van der Waals surface area contributed by atoms with Crippen molar-refractivity contribution in [2.45, 2.75) is 12.5 Å². The minimum Gasteiger partial charge on any atom is -0.493 e. The summed E-state index contributed by atoms with van der Waals surface area (Å²) in [5.41, 5.74) is 4.62. The Hall–Kier alpha value is -2.18. The van der Waals surface area contributed by atoms with Crippen molar-refractivity contribution in [3.63, 3.8) is 0 Å². The number of rotatable bonds is 6. The molecule has 3 N–H and O–H groups in total. The SMILES string of the molecule is COc1ccc(CC(NN)c2cnccn2)cc1OC. The zero-order valence-corrected chi connectivity index (χ0v) is 11.5. The summed E-state index contributed by atoms with van der Waals surface area (Å²) in [7, 11) is 3.23. The maximum absolute atomic E-state index is 5.61. The highest BCUT2D eigenvalue weighted by Gasteiger charge is 2.13. The molecule has 6 heteroatoms. The summed E-state index contributed by atoms with van der Waals surface area (Å²) in [6.45, 7) is 0. The van der Waals surface area contributed by atoms with Gasteiger partial charge in [0.15, 0.2) is 11.5 Å². The molecule has 0 bridgehead atoms. The number of hydrogen-bond acceptors (Lipinski definition) is 6. The topological polar surface area (TPSA) is 82.3 Å². The monoisotopic (exact) mass is 274 g/mol.